The van der Waals surface area contributed by atoms with Crippen molar-refractivity contribution >= 4 is 34.8 Å². The number of hydrogen-bond donors (Lipinski definition) is 1. The predicted molar refractivity (Wildman–Crippen MR) is 149 cm³/mol. The zero-order chi connectivity index (χ0) is 28.8. The Morgan fingerprint density at radius 2 is 1.80 bits per heavy atom. The molecule has 1 saturated heterocycles. The van der Waals surface area contributed by atoms with Gasteiger partial charge in [-0.3, -0.25) is 14.9 Å². The van der Waals surface area contributed by atoms with Gasteiger partial charge in [0.05, 0.1) is 11.4 Å². The summed E-state index contributed by atoms with van der Waals surface area (Å²) < 4.78 is 17.3. The topological polar surface area (TPSA) is 138 Å². The Kier molecular flexibility index (Phi) is 8.18. The van der Waals surface area contributed by atoms with Crippen molar-refractivity contribution in [3.05, 3.63) is 73.6 Å². The molecule has 0 aliphatic carbocycles. The molecule has 5 rings (SSSR count). The molecule has 0 saturated carbocycles. The number of nitrogens with zero attached hydrogens (tertiary/aromatic N) is 5. The standard InChI is InChI=1S/C29H28N6O6/c1-3-24(37)34-15-7-8-21(16-34)35-28-25(27(30-17-31-28)32-29(38)40-18-39-19(2)36)26(33-35)20-11-13-23(14-12-20)41-22-9-5-4-6-10-22/h3-6,9-14,17,21H,1,7-8,15-16,18H2,2H3,(H,30,31,32,38)/t21-/m1/s1. The smallest absolute Gasteiger partial charge is 0.415 e. The first-order valence-corrected chi connectivity index (χ1v) is 13.0. The molecule has 1 atom stereocenters. The van der Waals surface area contributed by atoms with E-state index < -0.39 is 18.9 Å². The molecule has 12 nitrogen and oxygen atoms in total. The second-order valence-corrected chi connectivity index (χ2v) is 9.25. The first-order valence-electron chi connectivity index (χ1n) is 13.0. The lowest BCUT2D eigenvalue weighted by Crippen LogP contribution is -2.40. The van der Waals surface area contributed by atoms with E-state index in [1.165, 1.54) is 19.3 Å². The minimum atomic E-state index is -0.864. The molecular weight excluding hydrogens is 528 g/mol. The number of hydrogen-bond acceptors (Lipinski definition) is 9. The summed E-state index contributed by atoms with van der Waals surface area (Å²) in [6, 6.07) is 16.6. The normalized spacial score (nSPS) is 14.8. The van der Waals surface area contributed by atoms with Crippen LogP contribution in [0.25, 0.3) is 22.3 Å². The van der Waals surface area contributed by atoms with Gasteiger partial charge in [-0.15, -0.1) is 0 Å². The van der Waals surface area contributed by atoms with Crippen LogP contribution in [0.4, 0.5) is 10.6 Å². The lowest BCUT2D eigenvalue weighted by molar-refractivity contribution is -0.148. The fraction of sp³-hybridized carbons (Fsp3) is 0.241. The minimum Gasteiger partial charge on any atom is -0.457 e. The van der Waals surface area contributed by atoms with Crippen molar-refractivity contribution in [3.8, 4) is 22.8 Å². The Morgan fingerprint density at radius 3 is 2.54 bits per heavy atom. The summed E-state index contributed by atoms with van der Waals surface area (Å²) in [5.41, 5.74) is 1.73. The van der Waals surface area contributed by atoms with Gasteiger partial charge >= 0.3 is 12.1 Å². The number of amides is 2. The number of rotatable bonds is 8. The maximum absolute atomic E-state index is 12.5. The molecule has 1 N–H and O–H groups in total. The fourth-order valence-electron chi connectivity index (χ4n) is 4.61. The highest BCUT2D eigenvalue weighted by Gasteiger charge is 2.28. The highest BCUT2D eigenvalue weighted by atomic mass is 16.7. The lowest BCUT2D eigenvalue weighted by atomic mass is 10.1. The van der Waals surface area contributed by atoms with E-state index in [1.807, 2.05) is 54.6 Å². The number of carbonyl (C=O) groups excluding carboxylic acids is 3. The van der Waals surface area contributed by atoms with Gasteiger partial charge in [0.25, 0.3) is 0 Å². The van der Waals surface area contributed by atoms with E-state index in [-0.39, 0.29) is 17.8 Å². The first-order chi connectivity index (χ1) is 19.9. The zero-order valence-corrected chi connectivity index (χ0v) is 22.4. The van der Waals surface area contributed by atoms with Gasteiger partial charge in [0.2, 0.25) is 12.7 Å². The van der Waals surface area contributed by atoms with Gasteiger partial charge in [0.15, 0.2) is 11.5 Å². The maximum Gasteiger partial charge on any atom is 0.415 e. The van der Waals surface area contributed by atoms with Crippen LogP contribution in [-0.4, -0.2) is 62.5 Å². The molecule has 0 radical (unpaired) electrons. The van der Waals surface area contributed by atoms with Gasteiger partial charge in [-0.2, -0.15) is 5.10 Å². The summed E-state index contributed by atoms with van der Waals surface area (Å²) in [6.45, 7) is 5.34. The number of likely N-dealkylation sites (tertiary alicyclic amines) is 1. The van der Waals surface area contributed by atoms with Crippen molar-refractivity contribution in [2.45, 2.75) is 25.8 Å². The van der Waals surface area contributed by atoms with E-state index in [0.29, 0.717) is 41.3 Å². The Bertz CT molecular complexity index is 1570. The van der Waals surface area contributed by atoms with Crippen molar-refractivity contribution in [3.63, 3.8) is 0 Å². The molecule has 0 spiro atoms. The van der Waals surface area contributed by atoms with Gasteiger partial charge in [-0.1, -0.05) is 24.8 Å². The summed E-state index contributed by atoms with van der Waals surface area (Å²) in [7, 11) is 0. The third-order valence-corrected chi connectivity index (χ3v) is 6.50. The molecule has 4 aromatic rings. The van der Waals surface area contributed by atoms with Crippen molar-refractivity contribution in [1.82, 2.24) is 24.6 Å². The Labute approximate surface area is 235 Å². The Hall–Kier alpha value is -5.26. The summed E-state index contributed by atoms with van der Waals surface area (Å²) >= 11 is 0. The molecule has 1 aliphatic heterocycles. The third-order valence-electron chi connectivity index (χ3n) is 6.50. The van der Waals surface area contributed by atoms with E-state index in [2.05, 4.69) is 26.6 Å². The van der Waals surface area contributed by atoms with E-state index in [9.17, 15) is 14.4 Å². The predicted octanol–water partition coefficient (Wildman–Crippen LogP) is 4.70. The summed E-state index contributed by atoms with van der Waals surface area (Å²) in [4.78, 5) is 46.4. The van der Waals surface area contributed by atoms with Crippen molar-refractivity contribution in [2.24, 2.45) is 0 Å². The van der Waals surface area contributed by atoms with Crippen LogP contribution in [0, 0.1) is 0 Å². The van der Waals surface area contributed by atoms with E-state index in [1.54, 1.807) is 9.58 Å². The van der Waals surface area contributed by atoms with Gasteiger partial charge in [0, 0.05) is 25.6 Å². The number of fused-ring (bicyclic) bond motifs is 1. The summed E-state index contributed by atoms with van der Waals surface area (Å²) in [5.74, 6) is 0.787. The average molecular weight is 557 g/mol. The van der Waals surface area contributed by atoms with Crippen molar-refractivity contribution in [2.75, 3.05) is 25.2 Å². The van der Waals surface area contributed by atoms with Crippen LogP contribution in [0.15, 0.2) is 73.6 Å². The van der Waals surface area contributed by atoms with Crippen molar-refractivity contribution < 1.29 is 28.6 Å². The highest BCUT2D eigenvalue weighted by molar-refractivity contribution is 6.03. The van der Waals surface area contributed by atoms with Crippen LogP contribution in [-0.2, 0) is 19.1 Å². The number of piperidine rings is 1. The molecule has 2 aromatic heterocycles. The van der Waals surface area contributed by atoms with Crippen LogP contribution >= 0.6 is 0 Å². The molecule has 0 unspecified atom stereocenters. The van der Waals surface area contributed by atoms with Gasteiger partial charge in [-0.05, 0) is 55.3 Å². The number of aromatic nitrogens is 4. The lowest BCUT2D eigenvalue weighted by Gasteiger charge is -2.32. The summed E-state index contributed by atoms with van der Waals surface area (Å²) in [6.07, 6.45) is 3.32. The SMILES string of the molecule is C=CC(=O)N1CCC[C@@H](n2nc(-c3ccc(Oc4ccccc4)cc3)c3c(NC(=O)OCOC(C)=O)ncnc32)C1. The average Bonchev–Trinajstić information content (AvgIpc) is 3.38. The number of ether oxygens (including phenoxy) is 3. The molecule has 12 heteroatoms. The Morgan fingerprint density at radius 1 is 1.05 bits per heavy atom. The largest absolute Gasteiger partial charge is 0.457 e. The van der Waals surface area contributed by atoms with Crippen LogP contribution in [0.5, 0.6) is 11.5 Å². The van der Waals surface area contributed by atoms with E-state index >= 15 is 0 Å². The fourth-order valence-corrected chi connectivity index (χ4v) is 4.61. The molecule has 2 aromatic carbocycles. The number of esters is 1. The monoisotopic (exact) mass is 556 g/mol. The first kappa shape index (κ1) is 27.3. The van der Waals surface area contributed by atoms with E-state index in [0.717, 1.165) is 18.4 Å². The highest BCUT2D eigenvalue weighted by Crippen LogP contribution is 2.36. The van der Waals surface area contributed by atoms with E-state index in [4.69, 9.17) is 14.6 Å². The molecular formula is C29H28N6O6. The number of carbonyl (C=O) groups is 3. The van der Waals surface area contributed by atoms with Crippen LogP contribution in [0.1, 0.15) is 25.8 Å². The maximum atomic E-state index is 12.5. The second-order valence-electron chi connectivity index (χ2n) is 9.25. The second kappa shape index (κ2) is 12.3. The molecule has 210 valence electrons. The zero-order valence-electron chi connectivity index (χ0n) is 22.4. The molecule has 3 heterocycles. The number of benzene rings is 2. The van der Waals surface area contributed by atoms with Crippen LogP contribution < -0.4 is 10.1 Å². The van der Waals surface area contributed by atoms with Crippen LogP contribution in [0.2, 0.25) is 0 Å². The van der Waals surface area contributed by atoms with Gasteiger partial charge in [-0.25, -0.2) is 19.4 Å². The summed E-state index contributed by atoms with van der Waals surface area (Å²) in [5, 5.41) is 8.01. The van der Waals surface area contributed by atoms with Crippen molar-refractivity contribution in [1.29, 1.82) is 0 Å². The quantitative estimate of drug-likeness (QED) is 0.186. The third kappa shape index (κ3) is 6.32. The molecule has 41 heavy (non-hydrogen) atoms. The van der Waals surface area contributed by atoms with Gasteiger partial charge in [0.1, 0.15) is 23.5 Å². The molecule has 0 bridgehead atoms. The molecule has 1 aliphatic rings. The van der Waals surface area contributed by atoms with Gasteiger partial charge < -0.3 is 19.1 Å². The minimum absolute atomic E-state index is 0.145. The number of nitrogens with one attached hydrogen (secondary N) is 1. The molecule has 1 fully saturated rings. The number of anilines is 1. The molecule has 2 amide bonds. The number of para-hydroxylation sites is 1. The Balaban J connectivity index is 1.51. The van der Waals surface area contributed by atoms with Crippen LogP contribution in [0.3, 0.4) is 0 Å².